The summed E-state index contributed by atoms with van der Waals surface area (Å²) in [6, 6.07) is 7.32. The lowest BCUT2D eigenvalue weighted by atomic mass is 10.1. The van der Waals surface area contributed by atoms with E-state index >= 15 is 0 Å². The Hall–Kier alpha value is -2.10. The van der Waals surface area contributed by atoms with E-state index in [0.717, 1.165) is 11.1 Å². The van der Waals surface area contributed by atoms with Crippen LogP contribution in [0.25, 0.3) is 10.9 Å². The number of para-hydroxylation sites is 1. The molecule has 2 rings (SSSR count). The van der Waals surface area contributed by atoms with Gasteiger partial charge in [0, 0.05) is 18.0 Å². The van der Waals surface area contributed by atoms with Crippen LogP contribution in [0.4, 0.5) is 0 Å². The molecule has 0 saturated carbocycles. The number of rotatable bonds is 2. The van der Waals surface area contributed by atoms with Gasteiger partial charge in [-0.2, -0.15) is 0 Å². The Morgan fingerprint density at radius 3 is 2.47 bits per heavy atom. The van der Waals surface area contributed by atoms with Crippen molar-refractivity contribution in [3.63, 3.8) is 0 Å². The third-order valence-corrected chi connectivity index (χ3v) is 3.16. The second-order valence-electron chi connectivity index (χ2n) is 4.81. The largest absolute Gasteiger partial charge is 0.465 e. The van der Waals surface area contributed by atoms with Crippen molar-refractivity contribution < 1.29 is 14.3 Å². The van der Waals surface area contributed by atoms with Crippen molar-refractivity contribution in [1.29, 1.82) is 0 Å². The molecule has 0 saturated heterocycles. The third kappa shape index (κ3) is 2.14. The van der Waals surface area contributed by atoms with Crippen molar-refractivity contribution in [1.82, 2.24) is 4.57 Å². The van der Waals surface area contributed by atoms with E-state index in [2.05, 4.69) is 0 Å². The molecule has 0 radical (unpaired) electrons. The van der Waals surface area contributed by atoms with E-state index in [1.807, 2.05) is 26.0 Å². The molecule has 1 heterocycles. The fraction of sp³-hybridized carbons (Fsp3) is 0.333. The molecule has 1 aromatic carbocycles. The van der Waals surface area contributed by atoms with Crippen LogP contribution in [0, 0.1) is 0 Å². The van der Waals surface area contributed by atoms with Crippen molar-refractivity contribution >= 4 is 22.8 Å². The molecule has 4 heteroatoms. The van der Waals surface area contributed by atoms with Crippen LogP contribution in [0.15, 0.2) is 24.3 Å². The lowest BCUT2D eigenvalue weighted by Gasteiger charge is -2.11. The highest BCUT2D eigenvalue weighted by Gasteiger charge is 2.20. The van der Waals surface area contributed by atoms with Crippen LogP contribution < -0.4 is 0 Å². The summed E-state index contributed by atoms with van der Waals surface area (Å²) in [5.41, 5.74) is 1.95. The summed E-state index contributed by atoms with van der Waals surface area (Å²) >= 11 is 0. The first-order valence-electron chi connectivity index (χ1n) is 6.21. The number of carbonyl (C=O) groups excluding carboxylic acids is 2. The summed E-state index contributed by atoms with van der Waals surface area (Å²) < 4.78 is 6.39. The van der Waals surface area contributed by atoms with Gasteiger partial charge in [0.25, 0.3) is 0 Å². The van der Waals surface area contributed by atoms with Crippen LogP contribution in [0.3, 0.4) is 0 Å². The van der Waals surface area contributed by atoms with Crippen molar-refractivity contribution in [2.45, 2.75) is 26.7 Å². The van der Waals surface area contributed by atoms with Crippen molar-refractivity contribution in [3.8, 4) is 0 Å². The summed E-state index contributed by atoms with van der Waals surface area (Å²) in [6.45, 7) is 5.54. The van der Waals surface area contributed by atoms with Crippen LogP contribution in [0.1, 0.15) is 47.5 Å². The number of nitrogens with zero attached hydrogens (tertiary/aromatic N) is 1. The van der Waals surface area contributed by atoms with Gasteiger partial charge in [-0.1, -0.05) is 26.0 Å². The van der Waals surface area contributed by atoms with E-state index in [-0.39, 0.29) is 11.8 Å². The molecule has 0 aliphatic rings. The molecule has 1 aromatic heterocycles. The Morgan fingerprint density at radius 2 is 1.95 bits per heavy atom. The third-order valence-electron chi connectivity index (χ3n) is 3.16. The highest BCUT2D eigenvalue weighted by molar-refractivity contribution is 6.06. The quantitative estimate of drug-likeness (QED) is 0.778. The Kier molecular flexibility index (Phi) is 3.42. The van der Waals surface area contributed by atoms with E-state index in [9.17, 15) is 9.59 Å². The first kappa shape index (κ1) is 13.3. The van der Waals surface area contributed by atoms with Crippen molar-refractivity contribution in [2.24, 2.45) is 0 Å². The Balaban J connectivity index is 2.87. The second-order valence-corrected chi connectivity index (χ2v) is 4.81. The van der Waals surface area contributed by atoms with Gasteiger partial charge in [0.15, 0.2) is 0 Å². The fourth-order valence-electron chi connectivity index (χ4n) is 2.32. The number of hydrogen-bond acceptors (Lipinski definition) is 3. The SMILES string of the molecule is COC(=O)c1cccc2cc(C(C)C)n(C(C)=O)c12. The van der Waals surface area contributed by atoms with Gasteiger partial charge in [-0.15, -0.1) is 0 Å². The number of esters is 1. The monoisotopic (exact) mass is 259 g/mol. The maximum atomic E-state index is 11.9. The van der Waals surface area contributed by atoms with Gasteiger partial charge >= 0.3 is 5.97 Å². The average molecular weight is 259 g/mol. The zero-order chi connectivity index (χ0) is 14.2. The first-order valence-corrected chi connectivity index (χ1v) is 6.21. The standard InChI is InChI=1S/C15H17NO3/c1-9(2)13-8-11-6-5-7-12(15(18)19-4)14(11)16(13)10(3)17/h5-9H,1-4H3. The molecule has 0 aliphatic heterocycles. The zero-order valence-corrected chi connectivity index (χ0v) is 11.6. The van der Waals surface area contributed by atoms with Crippen molar-refractivity contribution in [3.05, 3.63) is 35.5 Å². The smallest absolute Gasteiger partial charge is 0.340 e. The number of hydrogen-bond donors (Lipinski definition) is 0. The lowest BCUT2D eigenvalue weighted by Crippen LogP contribution is -2.13. The minimum absolute atomic E-state index is 0.102. The number of methoxy groups -OCH3 is 1. The Labute approximate surface area is 112 Å². The van der Waals surface area contributed by atoms with Gasteiger partial charge in [-0.25, -0.2) is 4.79 Å². The maximum absolute atomic E-state index is 11.9. The molecule has 0 N–H and O–H groups in total. The summed E-state index contributed by atoms with van der Waals surface area (Å²) in [5.74, 6) is -0.335. The van der Waals surface area contributed by atoms with Crippen LogP contribution >= 0.6 is 0 Å². The fourth-order valence-corrected chi connectivity index (χ4v) is 2.32. The van der Waals surface area contributed by atoms with E-state index in [0.29, 0.717) is 11.1 Å². The van der Waals surface area contributed by atoms with Crippen LogP contribution in [0.5, 0.6) is 0 Å². The highest BCUT2D eigenvalue weighted by Crippen LogP contribution is 2.28. The molecule has 2 aromatic rings. The van der Waals surface area contributed by atoms with E-state index in [1.165, 1.54) is 14.0 Å². The van der Waals surface area contributed by atoms with E-state index < -0.39 is 5.97 Å². The second kappa shape index (κ2) is 4.88. The normalized spacial score (nSPS) is 11.0. The predicted octanol–water partition coefficient (Wildman–Crippen LogP) is 3.21. The Bertz CT molecular complexity index is 653. The van der Waals surface area contributed by atoms with Crippen LogP contribution in [0.2, 0.25) is 0 Å². The number of aromatic nitrogens is 1. The summed E-state index contributed by atoms with van der Waals surface area (Å²) in [6.07, 6.45) is 0. The molecule has 0 atom stereocenters. The molecule has 0 amide bonds. The molecule has 0 bridgehead atoms. The predicted molar refractivity (Wildman–Crippen MR) is 73.7 cm³/mol. The van der Waals surface area contributed by atoms with Gasteiger partial charge in [0.2, 0.25) is 5.91 Å². The number of carbonyl (C=O) groups is 2. The minimum Gasteiger partial charge on any atom is -0.465 e. The average Bonchev–Trinajstić information content (AvgIpc) is 2.77. The number of fused-ring (bicyclic) bond motifs is 1. The van der Waals surface area contributed by atoms with Crippen LogP contribution in [-0.4, -0.2) is 23.6 Å². The molecule has 19 heavy (non-hydrogen) atoms. The van der Waals surface area contributed by atoms with Crippen LogP contribution in [-0.2, 0) is 4.74 Å². The van der Waals surface area contributed by atoms with Gasteiger partial charge in [0.1, 0.15) is 0 Å². The van der Waals surface area contributed by atoms with Crippen molar-refractivity contribution in [2.75, 3.05) is 7.11 Å². The lowest BCUT2D eigenvalue weighted by molar-refractivity contribution is 0.0602. The molecule has 4 nitrogen and oxygen atoms in total. The summed E-state index contributed by atoms with van der Waals surface area (Å²) in [7, 11) is 1.34. The highest BCUT2D eigenvalue weighted by atomic mass is 16.5. The van der Waals surface area contributed by atoms with E-state index in [1.54, 1.807) is 16.7 Å². The minimum atomic E-state index is -0.429. The molecular formula is C15H17NO3. The Morgan fingerprint density at radius 1 is 1.26 bits per heavy atom. The maximum Gasteiger partial charge on any atom is 0.340 e. The van der Waals surface area contributed by atoms with Gasteiger partial charge in [0.05, 0.1) is 18.2 Å². The topological polar surface area (TPSA) is 48.3 Å². The number of ether oxygens (including phenoxy) is 1. The summed E-state index contributed by atoms with van der Waals surface area (Å²) in [5, 5.41) is 0.877. The van der Waals surface area contributed by atoms with Gasteiger partial charge in [-0.05, 0) is 18.1 Å². The number of benzene rings is 1. The first-order chi connectivity index (χ1) is 8.97. The zero-order valence-electron chi connectivity index (χ0n) is 11.6. The summed E-state index contributed by atoms with van der Waals surface area (Å²) in [4.78, 5) is 23.8. The molecule has 0 spiro atoms. The molecule has 100 valence electrons. The van der Waals surface area contributed by atoms with Gasteiger partial charge < -0.3 is 4.74 Å². The van der Waals surface area contributed by atoms with E-state index in [4.69, 9.17) is 4.74 Å². The van der Waals surface area contributed by atoms with Gasteiger partial charge in [-0.3, -0.25) is 9.36 Å². The molecule has 0 fully saturated rings. The molecule has 0 unspecified atom stereocenters. The molecule has 0 aliphatic carbocycles. The molecular weight excluding hydrogens is 242 g/mol.